The molecule has 0 bridgehead atoms. The third kappa shape index (κ3) is 10.2. The summed E-state index contributed by atoms with van der Waals surface area (Å²) in [6.45, 7) is 25.2. The Bertz CT molecular complexity index is 809. The van der Waals surface area contributed by atoms with E-state index in [0.29, 0.717) is 13.0 Å². The summed E-state index contributed by atoms with van der Waals surface area (Å²) in [6.07, 6.45) is -2.07. The van der Waals surface area contributed by atoms with Crippen LogP contribution in [0.2, 0.25) is 18.1 Å². The van der Waals surface area contributed by atoms with Gasteiger partial charge >= 0.3 is 12.1 Å². The van der Waals surface area contributed by atoms with Crippen molar-refractivity contribution in [3.8, 4) is 0 Å². The number of hydrogen-bond donors (Lipinski definition) is 2. The first-order valence-electron chi connectivity index (χ1n) is 13.3. The average Bonchev–Trinajstić information content (AvgIpc) is 3.04. The molecule has 2 amide bonds. The van der Waals surface area contributed by atoms with Crippen molar-refractivity contribution in [2.24, 2.45) is 5.92 Å². The summed E-state index contributed by atoms with van der Waals surface area (Å²) in [7, 11) is -2.26. The van der Waals surface area contributed by atoms with Crippen LogP contribution >= 0.6 is 0 Å². The first-order valence-corrected chi connectivity index (χ1v) is 16.2. The van der Waals surface area contributed by atoms with Gasteiger partial charge in [-0.05, 0) is 72.0 Å². The van der Waals surface area contributed by atoms with Crippen molar-refractivity contribution in [2.45, 2.75) is 143 Å². The second-order valence-electron chi connectivity index (χ2n) is 14.0. The van der Waals surface area contributed by atoms with Crippen molar-refractivity contribution in [1.82, 2.24) is 10.2 Å². The number of carbonyl (C=O) groups excluding carboxylic acids is 3. The summed E-state index contributed by atoms with van der Waals surface area (Å²) in [5.74, 6) is -1.11. The molecular weight excluding hydrogens is 492 g/mol. The summed E-state index contributed by atoms with van der Waals surface area (Å²) in [5.41, 5.74) is -1.41. The van der Waals surface area contributed by atoms with E-state index in [-0.39, 0.29) is 23.3 Å². The summed E-state index contributed by atoms with van der Waals surface area (Å²) in [5, 5.41) is 13.9. The van der Waals surface area contributed by atoms with E-state index < -0.39 is 55.9 Å². The highest BCUT2D eigenvalue weighted by atomic mass is 28.4. The number of ether oxygens (including phenoxy) is 2. The molecule has 216 valence electrons. The number of alkyl carbamates (subject to hydrolysis) is 1. The van der Waals surface area contributed by atoms with Crippen molar-refractivity contribution >= 4 is 26.3 Å². The Morgan fingerprint density at radius 3 is 1.92 bits per heavy atom. The maximum absolute atomic E-state index is 13.8. The van der Waals surface area contributed by atoms with Gasteiger partial charge in [0.1, 0.15) is 17.2 Å². The van der Waals surface area contributed by atoms with E-state index >= 15 is 0 Å². The molecule has 37 heavy (non-hydrogen) atoms. The highest BCUT2D eigenvalue weighted by molar-refractivity contribution is 6.74. The maximum Gasteiger partial charge on any atom is 0.408 e. The lowest BCUT2D eigenvalue weighted by atomic mass is 9.99. The van der Waals surface area contributed by atoms with Crippen LogP contribution in [-0.2, 0) is 23.5 Å². The summed E-state index contributed by atoms with van der Waals surface area (Å²) < 4.78 is 17.5. The SMILES string of the molecule is CC(C)[C@H](NC(=O)OC(C)(C)C)C(=O)N1CC[C@@H](O[Si](C)(C)C(C)(C)C)[C@H]1[C@@H](O)CC(=O)OC(C)(C)C. The molecular formula is C27H52N2O7Si. The van der Waals surface area contributed by atoms with Crippen molar-refractivity contribution in [3.63, 3.8) is 0 Å². The number of likely N-dealkylation sites (tertiary alicyclic amines) is 1. The molecule has 1 rings (SSSR count). The predicted molar refractivity (Wildman–Crippen MR) is 147 cm³/mol. The Morgan fingerprint density at radius 1 is 0.973 bits per heavy atom. The van der Waals surface area contributed by atoms with Crippen LogP contribution in [-0.4, -0.2) is 78.3 Å². The van der Waals surface area contributed by atoms with E-state index in [4.69, 9.17) is 13.9 Å². The van der Waals surface area contributed by atoms with E-state index in [1.807, 2.05) is 13.8 Å². The van der Waals surface area contributed by atoms with Gasteiger partial charge in [-0.1, -0.05) is 34.6 Å². The Hall–Kier alpha value is -1.65. The number of esters is 1. The van der Waals surface area contributed by atoms with Crippen molar-refractivity contribution in [3.05, 3.63) is 0 Å². The van der Waals surface area contributed by atoms with Gasteiger partial charge in [0.2, 0.25) is 5.91 Å². The summed E-state index contributed by atoms with van der Waals surface area (Å²) >= 11 is 0. The Morgan fingerprint density at radius 2 is 1.49 bits per heavy atom. The average molecular weight is 545 g/mol. The maximum atomic E-state index is 13.8. The lowest BCUT2D eigenvalue weighted by Gasteiger charge is -2.42. The Kier molecular flexibility index (Phi) is 10.9. The molecule has 1 aliphatic heterocycles. The standard InChI is InChI=1S/C27H52N2O7Si/c1-17(2)21(28-24(33)35-26(6,7)8)23(32)29-15-14-19(36-37(12,13)27(9,10)11)22(29)18(30)16-20(31)34-25(3,4)5/h17-19,21-22,30H,14-16H2,1-13H3,(H,28,33)/t18-,19+,21-,22+/m0/s1. The van der Waals surface area contributed by atoms with Crippen molar-refractivity contribution in [2.75, 3.05) is 6.54 Å². The first kappa shape index (κ1) is 33.4. The van der Waals surface area contributed by atoms with Crippen LogP contribution in [0.25, 0.3) is 0 Å². The highest BCUT2D eigenvalue weighted by Gasteiger charge is 2.49. The lowest BCUT2D eigenvalue weighted by Crippen LogP contribution is -2.58. The minimum atomic E-state index is -2.26. The number of aliphatic hydroxyl groups excluding tert-OH is 1. The fraction of sp³-hybridized carbons (Fsp3) is 0.889. The third-order valence-corrected chi connectivity index (χ3v) is 11.2. The Balaban J connectivity index is 3.28. The lowest BCUT2D eigenvalue weighted by molar-refractivity contribution is -0.159. The molecule has 0 aromatic rings. The number of amides is 2. The van der Waals surface area contributed by atoms with Gasteiger partial charge in [0.25, 0.3) is 0 Å². The summed E-state index contributed by atoms with van der Waals surface area (Å²) in [6, 6.07) is -1.62. The van der Waals surface area contributed by atoms with Gasteiger partial charge in [0.05, 0.1) is 24.7 Å². The molecule has 0 aromatic heterocycles. The quantitative estimate of drug-likeness (QED) is 0.338. The Labute approximate surface area is 225 Å². The van der Waals surface area contributed by atoms with Gasteiger partial charge in [-0.3, -0.25) is 9.59 Å². The zero-order valence-corrected chi connectivity index (χ0v) is 26.4. The van der Waals surface area contributed by atoms with Crippen LogP contribution in [0, 0.1) is 5.92 Å². The molecule has 0 spiro atoms. The van der Waals surface area contributed by atoms with Crippen molar-refractivity contribution in [1.29, 1.82) is 0 Å². The van der Waals surface area contributed by atoms with E-state index in [2.05, 4.69) is 39.2 Å². The van der Waals surface area contributed by atoms with Crippen molar-refractivity contribution < 1.29 is 33.4 Å². The molecule has 0 unspecified atom stereocenters. The molecule has 10 heteroatoms. The van der Waals surface area contributed by atoms with Crippen LogP contribution in [0.15, 0.2) is 0 Å². The van der Waals surface area contributed by atoms with Crippen LogP contribution in [0.5, 0.6) is 0 Å². The van der Waals surface area contributed by atoms with Gasteiger partial charge in [-0.15, -0.1) is 0 Å². The molecule has 1 aliphatic rings. The van der Waals surface area contributed by atoms with Gasteiger partial charge in [-0.25, -0.2) is 4.79 Å². The zero-order chi connectivity index (χ0) is 29.1. The molecule has 0 saturated carbocycles. The molecule has 0 aliphatic carbocycles. The normalized spacial score (nSPS) is 21.0. The molecule has 1 heterocycles. The van der Waals surface area contributed by atoms with Crippen LogP contribution in [0.4, 0.5) is 4.79 Å². The van der Waals surface area contributed by atoms with Gasteiger partial charge in [-0.2, -0.15) is 0 Å². The number of aliphatic hydroxyl groups is 1. The van der Waals surface area contributed by atoms with Gasteiger partial charge in [0.15, 0.2) is 8.32 Å². The highest BCUT2D eigenvalue weighted by Crippen LogP contribution is 2.40. The zero-order valence-electron chi connectivity index (χ0n) is 25.4. The monoisotopic (exact) mass is 544 g/mol. The minimum Gasteiger partial charge on any atom is -0.460 e. The first-order chi connectivity index (χ1) is 16.4. The third-order valence-electron chi connectivity index (χ3n) is 6.73. The van der Waals surface area contributed by atoms with Gasteiger partial charge in [0, 0.05) is 6.54 Å². The minimum absolute atomic E-state index is 0.0795. The second kappa shape index (κ2) is 12.0. The van der Waals surface area contributed by atoms with Crippen LogP contribution in [0.3, 0.4) is 0 Å². The number of hydrogen-bond acceptors (Lipinski definition) is 7. The second-order valence-corrected chi connectivity index (χ2v) is 18.7. The molecule has 0 radical (unpaired) electrons. The van der Waals surface area contributed by atoms with E-state index in [9.17, 15) is 19.5 Å². The number of nitrogens with one attached hydrogen (secondary N) is 1. The molecule has 2 N–H and O–H groups in total. The number of carbonyl (C=O) groups is 3. The molecule has 1 saturated heterocycles. The topological polar surface area (TPSA) is 114 Å². The largest absolute Gasteiger partial charge is 0.460 e. The van der Waals surface area contributed by atoms with E-state index in [1.165, 1.54) is 0 Å². The van der Waals surface area contributed by atoms with Crippen LogP contribution < -0.4 is 5.32 Å². The molecule has 0 aromatic carbocycles. The predicted octanol–water partition coefficient (Wildman–Crippen LogP) is 4.62. The van der Waals surface area contributed by atoms with Gasteiger partial charge < -0.3 is 29.2 Å². The van der Waals surface area contributed by atoms with E-state index in [0.717, 1.165) is 0 Å². The number of nitrogens with zero attached hydrogens (tertiary/aromatic N) is 1. The smallest absolute Gasteiger partial charge is 0.408 e. The molecule has 9 nitrogen and oxygen atoms in total. The molecule has 4 atom stereocenters. The summed E-state index contributed by atoms with van der Waals surface area (Å²) in [4.78, 5) is 40.5. The fourth-order valence-corrected chi connectivity index (χ4v) is 5.35. The number of rotatable bonds is 8. The fourth-order valence-electron chi connectivity index (χ4n) is 3.98. The molecule has 1 fully saturated rings. The van der Waals surface area contributed by atoms with Crippen LogP contribution in [0.1, 0.15) is 89.0 Å². The van der Waals surface area contributed by atoms with E-state index in [1.54, 1.807) is 46.4 Å².